The van der Waals surface area contributed by atoms with Crippen LogP contribution >= 0.6 is 0 Å². The van der Waals surface area contributed by atoms with Crippen molar-refractivity contribution in [2.75, 3.05) is 39.6 Å². The van der Waals surface area contributed by atoms with Crippen LogP contribution < -0.4 is 19.9 Å². The first-order chi connectivity index (χ1) is 23.9. The first-order valence-corrected chi connectivity index (χ1v) is 17.9. The maximum atomic E-state index is 11.9. The van der Waals surface area contributed by atoms with Crippen LogP contribution in [0.5, 0.6) is 11.5 Å². The maximum absolute atomic E-state index is 11.9. The van der Waals surface area contributed by atoms with Gasteiger partial charge in [0, 0.05) is 23.7 Å². The molecule has 3 rings (SSSR count). The Bertz CT molecular complexity index is 1950. The molecule has 0 saturated heterocycles. The molecule has 2 atom stereocenters. The van der Waals surface area contributed by atoms with E-state index in [1.807, 2.05) is 0 Å². The minimum absolute atomic E-state index is 0.0128. The zero-order valence-corrected chi connectivity index (χ0v) is 28.1. The molecular weight excluding hydrogens is 689 g/mol. The maximum Gasteiger partial charge on any atom is 0.272 e. The van der Waals surface area contributed by atoms with Crippen LogP contribution in [0, 0.1) is 35.8 Å². The summed E-state index contributed by atoms with van der Waals surface area (Å²) >= 11 is 0. The van der Waals surface area contributed by atoms with Crippen molar-refractivity contribution < 1.29 is 44.9 Å². The van der Waals surface area contributed by atoms with Crippen molar-refractivity contribution in [2.24, 2.45) is 0 Å². The molecule has 14 nitrogen and oxygen atoms in total. The van der Waals surface area contributed by atoms with E-state index in [9.17, 15) is 36.5 Å². The largest absolute Gasteiger partial charge is 0.492 e. The molecule has 0 spiro atoms. The molecule has 0 amide bonds. The minimum Gasteiger partial charge on any atom is -0.492 e. The van der Waals surface area contributed by atoms with Crippen molar-refractivity contribution in [1.82, 2.24) is 0 Å². The second-order valence-corrected chi connectivity index (χ2v) is 13.5. The molecule has 0 fully saturated rings. The van der Waals surface area contributed by atoms with Crippen molar-refractivity contribution in [3.05, 3.63) is 117 Å². The predicted octanol–water partition coefficient (Wildman–Crippen LogP) is 3.62. The van der Waals surface area contributed by atoms with E-state index < -0.39 is 30.7 Å². The Balaban J connectivity index is 1.71. The summed E-state index contributed by atoms with van der Waals surface area (Å²) in [6, 6.07) is 22.4. The summed E-state index contributed by atoms with van der Waals surface area (Å²) < 4.78 is 89.6. The highest BCUT2D eigenvalue weighted by Crippen LogP contribution is 2.26. The Kier molecular flexibility index (Phi) is 14.9. The van der Waals surface area contributed by atoms with E-state index in [0.29, 0.717) is 11.1 Å². The first-order valence-electron chi connectivity index (χ1n) is 14.9. The Morgan fingerprint density at radius 1 is 0.640 bits per heavy atom. The van der Waals surface area contributed by atoms with Crippen LogP contribution in [0.15, 0.2) is 72.8 Å². The molecule has 0 aliphatic heterocycles. The normalized spacial score (nSPS) is 13.7. The molecular formula is C34H32N4O10S2. The highest BCUT2D eigenvalue weighted by atomic mass is 32.2. The van der Waals surface area contributed by atoms with E-state index >= 15 is 0 Å². The number of ether oxygens (including phenoxy) is 4. The molecule has 0 aliphatic carbocycles. The second kappa shape index (κ2) is 19.0. The highest BCUT2D eigenvalue weighted by Gasteiger charge is 2.25. The third-order valence-electron chi connectivity index (χ3n) is 7.11. The van der Waals surface area contributed by atoms with E-state index in [-0.39, 0.29) is 85.8 Å². The summed E-state index contributed by atoms with van der Waals surface area (Å²) in [5, 5.41) is 16.8. The number of benzene rings is 3. The molecule has 0 saturated carbocycles. The lowest BCUT2D eigenvalue weighted by Gasteiger charge is -2.15. The van der Waals surface area contributed by atoms with Gasteiger partial charge in [0.15, 0.2) is 0 Å². The lowest BCUT2D eigenvalue weighted by atomic mass is 10.1. The molecule has 0 aliphatic rings. The van der Waals surface area contributed by atoms with Crippen molar-refractivity contribution in [1.29, 1.82) is 10.5 Å². The molecule has 0 heterocycles. The van der Waals surface area contributed by atoms with E-state index in [0.717, 1.165) is 0 Å². The predicted molar refractivity (Wildman–Crippen MR) is 180 cm³/mol. The number of hydrogen-bond acceptors (Lipinski definition) is 10. The summed E-state index contributed by atoms with van der Waals surface area (Å²) in [5.41, 5.74) is 0.0624. The minimum atomic E-state index is -4.40. The lowest BCUT2D eigenvalue weighted by molar-refractivity contribution is 0.0958. The van der Waals surface area contributed by atoms with Gasteiger partial charge in [0.2, 0.25) is 0 Å². The van der Waals surface area contributed by atoms with Crippen molar-refractivity contribution in [2.45, 2.75) is 23.3 Å². The van der Waals surface area contributed by atoms with Gasteiger partial charge in [0.25, 0.3) is 31.6 Å². The lowest BCUT2D eigenvalue weighted by Crippen LogP contribution is -2.22. The Morgan fingerprint density at radius 3 is 1.30 bits per heavy atom. The van der Waals surface area contributed by atoms with Crippen LogP contribution in [0.25, 0.3) is 21.1 Å². The zero-order valence-electron chi connectivity index (χ0n) is 26.5. The number of hydrogen-bond donors (Lipinski definition) is 2. The van der Waals surface area contributed by atoms with Crippen molar-refractivity contribution >= 4 is 31.6 Å². The third-order valence-corrected chi connectivity index (χ3v) is 9.56. The van der Waals surface area contributed by atoms with Crippen LogP contribution in [0.2, 0.25) is 0 Å². The van der Waals surface area contributed by atoms with Crippen LogP contribution in [0.4, 0.5) is 0 Å². The molecule has 3 aromatic rings. The topological polar surface area (TPSA) is 202 Å². The van der Waals surface area contributed by atoms with Gasteiger partial charge >= 0.3 is 0 Å². The van der Waals surface area contributed by atoms with Crippen LogP contribution in [-0.2, 0) is 29.7 Å². The molecule has 16 heteroatoms. The van der Waals surface area contributed by atoms with Gasteiger partial charge in [-0.25, -0.2) is 20.2 Å². The van der Waals surface area contributed by atoms with Gasteiger partial charge in [0.1, 0.15) is 35.2 Å². The van der Waals surface area contributed by atoms with E-state index in [2.05, 4.69) is 9.69 Å². The standard InChI is InChI=1S/C34H32N4O10S2/c1-37-29(23-35)27-21-32(48-20-18-46-16-14-34(50(42,43)44)26-11-7-4-8-12-26)28(30(24-36)38-2)22-31(27)47-19-17-45-15-13-33(49(39,40)41)25-9-5-3-6-10-25/h3-12,21-22,33-34H,13-20H2,(H,39,40,41)(H,42,43,44)/b29-27-,30-28+. The molecule has 260 valence electrons. The molecule has 3 aromatic carbocycles. The molecule has 2 N–H and O–H groups in total. The molecule has 0 aromatic heterocycles. The van der Waals surface area contributed by atoms with E-state index in [4.69, 9.17) is 32.1 Å². The SMILES string of the molecule is [C-]#[N+]/C(C#N)=c1/cc(OCCOCCC(c2ccccc2)S(=O)(=O)O)/c(=C(\C#N)[N+]#[C-])cc1OCCOCCC(c1ccccc1)S(=O)(=O)O. The van der Waals surface area contributed by atoms with Crippen LogP contribution in [-0.4, -0.2) is 65.6 Å². The fraction of sp³-hybridized carbons (Fsp3) is 0.294. The third kappa shape index (κ3) is 11.4. The van der Waals surface area contributed by atoms with E-state index in [1.54, 1.807) is 72.8 Å². The average molecular weight is 721 g/mol. The van der Waals surface area contributed by atoms with Gasteiger partial charge in [0.05, 0.1) is 38.5 Å². The van der Waals surface area contributed by atoms with E-state index in [1.165, 1.54) is 12.1 Å². The summed E-state index contributed by atoms with van der Waals surface area (Å²) in [7, 11) is -8.81. The smallest absolute Gasteiger partial charge is 0.272 e. The van der Waals surface area contributed by atoms with Gasteiger partial charge in [-0.1, -0.05) is 60.7 Å². The number of nitrogens with zero attached hydrogens (tertiary/aromatic N) is 4. The first kappa shape index (κ1) is 39.1. The highest BCUT2D eigenvalue weighted by molar-refractivity contribution is 7.86. The number of nitriles is 2. The van der Waals surface area contributed by atoms with Gasteiger partial charge < -0.3 is 18.9 Å². The Morgan fingerprint density at radius 2 is 1.00 bits per heavy atom. The van der Waals surface area contributed by atoms with Crippen LogP contribution in [0.3, 0.4) is 0 Å². The molecule has 50 heavy (non-hydrogen) atoms. The summed E-state index contributed by atoms with van der Waals surface area (Å²) in [5.74, 6) is -0.0400. The average Bonchev–Trinajstić information content (AvgIpc) is 3.09. The summed E-state index contributed by atoms with van der Waals surface area (Å²) in [6.07, 6.45) is -0.0879. The van der Waals surface area contributed by atoms with Gasteiger partial charge in [-0.3, -0.25) is 9.11 Å². The van der Waals surface area contributed by atoms with Crippen molar-refractivity contribution in [3.63, 3.8) is 0 Å². The van der Waals surface area contributed by atoms with Gasteiger partial charge in [-0.2, -0.15) is 16.8 Å². The zero-order chi connectivity index (χ0) is 36.6. The number of rotatable bonds is 18. The molecule has 2 unspecified atom stereocenters. The Labute approximate surface area is 290 Å². The second-order valence-electron chi connectivity index (χ2n) is 10.3. The quantitative estimate of drug-likeness (QED) is 0.110. The fourth-order valence-electron chi connectivity index (χ4n) is 4.78. The van der Waals surface area contributed by atoms with Gasteiger partial charge in [-0.05, 0) is 36.1 Å². The fourth-order valence-corrected chi connectivity index (χ4v) is 6.57. The molecule has 0 radical (unpaired) electrons. The molecule has 0 bridgehead atoms. The van der Waals surface area contributed by atoms with Gasteiger partial charge in [-0.15, -0.1) is 0 Å². The summed E-state index contributed by atoms with van der Waals surface area (Å²) in [4.78, 5) is 6.47. The summed E-state index contributed by atoms with van der Waals surface area (Å²) in [6.45, 7) is 14.4. The Hall–Kier alpha value is -5.30. The van der Waals surface area contributed by atoms with Crippen molar-refractivity contribution in [3.8, 4) is 23.6 Å². The monoisotopic (exact) mass is 720 g/mol. The van der Waals surface area contributed by atoms with Crippen LogP contribution in [0.1, 0.15) is 34.5 Å².